The van der Waals surface area contributed by atoms with Crippen LogP contribution in [0, 0.1) is 6.92 Å². The largest absolute Gasteiger partial charge is 0.356 e. The number of nitrogens with one attached hydrogen (secondary N) is 1. The van der Waals surface area contributed by atoms with Crippen LogP contribution in [0.15, 0.2) is 18.2 Å². The molecule has 0 spiro atoms. The highest BCUT2D eigenvalue weighted by Gasteiger charge is 2.21. The third kappa shape index (κ3) is 3.80. The van der Waals surface area contributed by atoms with E-state index in [-0.39, 0.29) is 0 Å². The van der Waals surface area contributed by atoms with Crippen molar-refractivity contribution in [3.8, 4) is 0 Å². The Morgan fingerprint density at radius 3 is 2.46 bits per heavy atom. The van der Waals surface area contributed by atoms with Crippen LogP contribution in [0.5, 0.6) is 0 Å². The van der Waals surface area contributed by atoms with Gasteiger partial charge in [0.15, 0.2) is 0 Å². The molecule has 24 heavy (non-hydrogen) atoms. The molecule has 2 aromatic rings. The number of anilines is 2. The van der Waals surface area contributed by atoms with Crippen LogP contribution in [0.1, 0.15) is 43.8 Å². The van der Waals surface area contributed by atoms with Gasteiger partial charge in [0.1, 0.15) is 5.82 Å². The molecule has 0 aliphatic carbocycles. The van der Waals surface area contributed by atoms with Crippen molar-refractivity contribution in [2.75, 3.05) is 23.3 Å². The van der Waals surface area contributed by atoms with Gasteiger partial charge in [0, 0.05) is 24.8 Å². The molecular formula is C18H26N6. The van der Waals surface area contributed by atoms with Crippen molar-refractivity contribution < 1.29 is 0 Å². The van der Waals surface area contributed by atoms with E-state index >= 15 is 0 Å². The quantitative estimate of drug-likeness (QED) is 0.911. The van der Waals surface area contributed by atoms with Crippen LogP contribution in [-0.2, 0) is 12.8 Å². The number of hydrogen-bond donors (Lipinski definition) is 1. The van der Waals surface area contributed by atoms with Gasteiger partial charge in [-0.05, 0) is 44.7 Å². The molecular weight excluding hydrogens is 300 g/mol. The summed E-state index contributed by atoms with van der Waals surface area (Å²) < 4.78 is 0. The first-order valence-corrected chi connectivity index (χ1v) is 8.87. The number of nitrogens with zero attached hydrogens (tertiary/aromatic N) is 5. The van der Waals surface area contributed by atoms with Crippen LogP contribution >= 0.6 is 0 Å². The number of aromatic nitrogens is 4. The molecule has 3 heterocycles. The van der Waals surface area contributed by atoms with Gasteiger partial charge < -0.3 is 10.2 Å². The van der Waals surface area contributed by atoms with Crippen molar-refractivity contribution in [1.29, 1.82) is 0 Å². The maximum Gasteiger partial charge on any atom is 0.243 e. The van der Waals surface area contributed by atoms with E-state index in [2.05, 4.69) is 56.4 Å². The van der Waals surface area contributed by atoms with Gasteiger partial charge in [-0.15, -0.1) is 5.10 Å². The molecule has 0 atom stereocenters. The third-order valence-electron chi connectivity index (χ3n) is 4.53. The van der Waals surface area contributed by atoms with E-state index in [1.54, 1.807) is 0 Å². The van der Waals surface area contributed by atoms with Crippen LogP contribution in [0.4, 0.5) is 11.8 Å². The van der Waals surface area contributed by atoms with Crippen molar-refractivity contribution in [3.63, 3.8) is 0 Å². The number of piperidine rings is 1. The average molecular weight is 326 g/mol. The van der Waals surface area contributed by atoms with Gasteiger partial charge >= 0.3 is 0 Å². The summed E-state index contributed by atoms with van der Waals surface area (Å²) >= 11 is 0. The summed E-state index contributed by atoms with van der Waals surface area (Å²) in [7, 11) is 0. The molecule has 0 radical (unpaired) electrons. The first-order valence-electron chi connectivity index (χ1n) is 8.87. The maximum atomic E-state index is 4.63. The normalized spacial score (nSPS) is 15.5. The Morgan fingerprint density at radius 2 is 1.79 bits per heavy atom. The van der Waals surface area contributed by atoms with Gasteiger partial charge in [-0.2, -0.15) is 5.10 Å². The van der Waals surface area contributed by atoms with Crippen LogP contribution in [0.25, 0.3) is 0 Å². The highest BCUT2D eigenvalue weighted by atomic mass is 15.3. The van der Waals surface area contributed by atoms with Crippen LogP contribution in [-0.4, -0.2) is 39.3 Å². The molecule has 1 saturated heterocycles. The predicted molar refractivity (Wildman–Crippen MR) is 96.4 cm³/mol. The molecule has 1 fully saturated rings. The summed E-state index contributed by atoms with van der Waals surface area (Å²) in [4.78, 5) is 11.6. The molecule has 128 valence electrons. The second-order valence-corrected chi connectivity index (χ2v) is 6.28. The summed E-state index contributed by atoms with van der Waals surface area (Å²) in [6.45, 7) is 8.23. The predicted octanol–water partition coefficient (Wildman–Crippen LogP) is 2.78. The molecule has 0 amide bonds. The van der Waals surface area contributed by atoms with E-state index in [0.717, 1.165) is 61.7 Å². The van der Waals surface area contributed by atoms with E-state index in [1.807, 2.05) is 13.0 Å². The zero-order valence-electron chi connectivity index (χ0n) is 14.8. The topological polar surface area (TPSA) is 66.8 Å². The summed E-state index contributed by atoms with van der Waals surface area (Å²) in [6, 6.07) is 6.59. The fourth-order valence-electron chi connectivity index (χ4n) is 3.14. The SMILES string of the molecule is CCc1nnc(NC2CCN(c3cccc(C)n3)CC2)nc1CC. The molecule has 6 nitrogen and oxygen atoms in total. The lowest BCUT2D eigenvalue weighted by Gasteiger charge is -2.33. The molecule has 0 saturated carbocycles. The van der Waals surface area contributed by atoms with Gasteiger partial charge in [-0.3, -0.25) is 0 Å². The molecule has 2 aromatic heterocycles. The lowest BCUT2D eigenvalue weighted by molar-refractivity contribution is 0.519. The summed E-state index contributed by atoms with van der Waals surface area (Å²) in [5.41, 5.74) is 3.12. The molecule has 1 aliphatic heterocycles. The van der Waals surface area contributed by atoms with Crippen molar-refractivity contribution in [2.45, 2.75) is 52.5 Å². The lowest BCUT2D eigenvalue weighted by atomic mass is 10.1. The Kier molecular flexibility index (Phi) is 5.23. The van der Waals surface area contributed by atoms with E-state index in [1.165, 1.54) is 0 Å². The molecule has 0 unspecified atom stereocenters. The first-order chi connectivity index (χ1) is 11.7. The number of hydrogen-bond acceptors (Lipinski definition) is 6. The Bertz CT molecular complexity index is 679. The Labute approximate surface area is 143 Å². The minimum atomic E-state index is 0.394. The zero-order chi connectivity index (χ0) is 16.9. The number of pyridine rings is 1. The maximum absolute atomic E-state index is 4.63. The molecule has 3 rings (SSSR count). The highest BCUT2D eigenvalue weighted by molar-refractivity contribution is 5.40. The van der Waals surface area contributed by atoms with Gasteiger partial charge in [0.05, 0.1) is 11.4 Å². The van der Waals surface area contributed by atoms with E-state index in [0.29, 0.717) is 12.0 Å². The van der Waals surface area contributed by atoms with Crippen LogP contribution < -0.4 is 10.2 Å². The molecule has 0 bridgehead atoms. The highest BCUT2D eigenvalue weighted by Crippen LogP contribution is 2.20. The van der Waals surface area contributed by atoms with E-state index in [9.17, 15) is 0 Å². The number of aryl methyl sites for hydroxylation is 3. The van der Waals surface area contributed by atoms with Crippen molar-refractivity contribution in [3.05, 3.63) is 35.3 Å². The Morgan fingerprint density at radius 1 is 1.04 bits per heavy atom. The molecule has 1 N–H and O–H groups in total. The van der Waals surface area contributed by atoms with Crippen LogP contribution in [0.2, 0.25) is 0 Å². The van der Waals surface area contributed by atoms with E-state index < -0.39 is 0 Å². The first kappa shape index (κ1) is 16.6. The number of rotatable bonds is 5. The van der Waals surface area contributed by atoms with Crippen molar-refractivity contribution in [1.82, 2.24) is 20.2 Å². The lowest BCUT2D eigenvalue weighted by Crippen LogP contribution is -2.40. The van der Waals surface area contributed by atoms with Gasteiger partial charge in [0.25, 0.3) is 0 Å². The van der Waals surface area contributed by atoms with Gasteiger partial charge in [-0.25, -0.2) is 9.97 Å². The zero-order valence-corrected chi connectivity index (χ0v) is 14.8. The van der Waals surface area contributed by atoms with E-state index in [4.69, 9.17) is 0 Å². The second-order valence-electron chi connectivity index (χ2n) is 6.28. The third-order valence-corrected chi connectivity index (χ3v) is 4.53. The average Bonchev–Trinajstić information content (AvgIpc) is 2.62. The molecule has 1 aliphatic rings. The Balaban J connectivity index is 1.59. The smallest absolute Gasteiger partial charge is 0.243 e. The Hall–Kier alpha value is -2.24. The van der Waals surface area contributed by atoms with Crippen molar-refractivity contribution >= 4 is 11.8 Å². The van der Waals surface area contributed by atoms with Crippen molar-refractivity contribution in [2.24, 2.45) is 0 Å². The summed E-state index contributed by atoms with van der Waals surface area (Å²) in [5.74, 6) is 1.74. The van der Waals surface area contributed by atoms with Crippen LogP contribution in [0.3, 0.4) is 0 Å². The standard InChI is InChI=1S/C18H26N6/c1-4-15-16(5-2)22-23-18(21-15)20-14-9-11-24(12-10-14)17-8-6-7-13(3)19-17/h6-8,14H,4-5,9-12H2,1-3H3,(H,20,21,23). The minimum absolute atomic E-state index is 0.394. The fraction of sp³-hybridized carbons (Fsp3) is 0.556. The van der Waals surface area contributed by atoms with Gasteiger partial charge in [0.2, 0.25) is 5.95 Å². The summed E-state index contributed by atoms with van der Waals surface area (Å²) in [6.07, 6.45) is 3.88. The monoisotopic (exact) mass is 326 g/mol. The van der Waals surface area contributed by atoms with Gasteiger partial charge in [-0.1, -0.05) is 19.9 Å². The minimum Gasteiger partial charge on any atom is -0.356 e. The second kappa shape index (κ2) is 7.55. The molecule has 6 heteroatoms. The molecule has 0 aromatic carbocycles. The fourth-order valence-corrected chi connectivity index (χ4v) is 3.14. The summed E-state index contributed by atoms with van der Waals surface area (Å²) in [5, 5.41) is 12.0.